The summed E-state index contributed by atoms with van der Waals surface area (Å²) in [5.41, 5.74) is -0.626. The van der Waals surface area contributed by atoms with Crippen LogP contribution in [0.3, 0.4) is 0 Å². The summed E-state index contributed by atoms with van der Waals surface area (Å²) in [5.74, 6) is -3.34. The number of anilines is 1. The predicted molar refractivity (Wildman–Crippen MR) is 64.4 cm³/mol. The van der Waals surface area contributed by atoms with Crippen molar-refractivity contribution in [2.75, 3.05) is 4.90 Å². The highest BCUT2D eigenvalue weighted by Gasteiger charge is 2.48. The summed E-state index contributed by atoms with van der Waals surface area (Å²) in [5, 5.41) is 0. The van der Waals surface area contributed by atoms with Crippen molar-refractivity contribution >= 4 is 33.4 Å². The number of halogens is 3. The molecule has 4 nitrogen and oxygen atoms in total. The van der Waals surface area contributed by atoms with E-state index in [1.165, 1.54) is 0 Å². The molecule has 7 heteroatoms. The Hall–Kier alpha value is -1.34. The molecular weight excluding hydrogens is 324 g/mol. The number of fused-ring (bicyclic) bond motifs is 2. The van der Waals surface area contributed by atoms with E-state index in [9.17, 15) is 18.4 Å². The van der Waals surface area contributed by atoms with Gasteiger partial charge >= 0.3 is 0 Å². The van der Waals surface area contributed by atoms with Gasteiger partial charge in [0.1, 0.15) is 17.9 Å². The Morgan fingerprint density at radius 1 is 1.11 bits per heavy atom. The molecule has 2 unspecified atom stereocenters. The van der Waals surface area contributed by atoms with Crippen LogP contribution in [0.25, 0.3) is 0 Å². The molecule has 2 bridgehead atoms. The van der Waals surface area contributed by atoms with Gasteiger partial charge in [-0.25, -0.2) is 13.7 Å². The smallest absolute Gasteiger partial charge is 0.263 e. The molecule has 100 valence electrons. The van der Waals surface area contributed by atoms with E-state index in [2.05, 4.69) is 15.9 Å². The zero-order chi connectivity index (χ0) is 13.7. The fourth-order valence-electron chi connectivity index (χ4n) is 2.37. The van der Waals surface area contributed by atoms with Crippen LogP contribution in [-0.2, 0) is 14.3 Å². The topological polar surface area (TPSA) is 46.6 Å². The summed E-state index contributed by atoms with van der Waals surface area (Å²) in [6.07, 6.45) is -0.785. The van der Waals surface area contributed by atoms with Crippen LogP contribution in [-0.4, -0.2) is 24.0 Å². The highest BCUT2D eigenvalue weighted by molar-refractivity contribution is 9.10. The van der Waals surface area contributed by atoms with Crippen molar-refractivity contribution in [2.24, 2.45) is 0 Å². The molecule has 2 aliphatic rings. The van der Waals surface area contributed by atoms with Gasteiger partial charge in [-0.15, -0.1) is 0 Å². The average molecular weight is 332 g/mol. The lowest BCUT2D eigenvalue weighted by Gasteiger charge is -2.30. The lowest BCUT2D eigenvalue weighted by molar-refractivity contribution is -0.147. The third-order valence-electron chi connectivity index (χ3n) is 3.22. The number of carbonyl (C=O) groups excluding carboxylic acids is 2. The minimum absolute atomic E-state index is 0.197. The molecule has 2 amide bonds. The van der Waals surface area contributed by atoms with Crippen molar-refractivity contribution < 1.29 is 23.1 Å². The Kier molecular flexibility index (Phi) is 2.90. The van der Waals surface area contributed by atoms with E-state index < -0.39 is 41.3 Å². The summed E-state index contributed by atoms with van der Waals surface area (Å²) in [6, 6.07) is 2.02. The first kappa shape index (κ1) is 12.7. The van der Waals surface area contributed by atoms with E-state index in [-0.39, 0.29) is 4.47 Å². The van der Waals surface area contributed by atoms with Crippen molar-refractivity contribution in [3.63, 3.8) is 0 Å². The van der Waals surface area contributed by atoms with Gasteiger partial charge in [0.05, 0.1) is 0 Å². The summed E-state index contributed by atoms with van der Waals surface area (Å²) in [6.45, 7) is 0. The highest BCUT2D eigenvalue weighted by atomic mass is 79.9. The summed E-state index contributed by atoms with van der Waals surface area (Å²) >= 11 is 2.94. The molecule has 0 saturated carbocycles. The molecule has 0 aliphatic carbocycles. The highest BCUT2D eigenvalue weighted by Crippen LogP contribution is 2.35. The second-order valence-electron chi connectivity index (χ2n) is 4.42. The lowest BCUT2D eigenvalue weighted by atomic mass is 10.2. The van der Waals surface area contributed by atoms with Gasteiger partial charge in [0.2, 0.25) is 0 Å². The van der Waals surface area contributed by atoms with Gasteiger partial charge in [0, 0.05) is 4.47 Å². The maximum absolute atomic E-state index is 13.9. The second-order valence-corrected chi connectivity index (χ2v) is 5.34. The van der Waals surface area contributed by atoms with Crippen LogP contribution >= 0.6 is 15.9 Å². The van der Waals surface area contributed by atoms with Crippen molar-refractivity contribution in [3.05, 3.63) is 28.2 Å². The molecular formula is C12H8BrF2NO3. The van der Waals surface area contributed by atoms with Crippen LogP contribution < -0.4 is 4.90 Å². The van der Waals surface area contributed by atoms with Gasteiger partial charge in [-0.05, 0) is 25.0 Å². The minimum atomic E-state index is -0.963. The van der Waals surface area contributed by atoms with Gasteiger partial charge in [-0.1, -0.05) is 15.9 Å². The molecule has 2 aliphatic heterocycles. The Morgan fingerprint density at radius 2 is 1.58 bits per heavy atom. The summed E-state index contributed by atoms with van der Waals surface area (Å²) in [4.78, 5) is 24.6. The standard InChI is InChI=1S/C12H8BrF2NO3/c13-5-3-6(14)10(7(15)4-5)16-11(17)8-1-2-9(19-8)12(16)18/h3-4,8-9H,1-2H2. The van der Waals surface area contributed by atoms with Gasteiger partial charge < -0.3 is 4.74 Å². The van der Waals surface area contributed by atoms with Crippen LogP contribution in [0.15, 0.2) is 16.6 Å². The quantitative estimate of drug-likeness (QED) is 0.741. The van der Waals surface area contributed by atoms with Gasteiger partial charge in [-0.2, -0.15) is 0 Å². The molecule has 0 radical (unpaired) electrons. The normalized spacial score (nSPS) is 26.2. The van der Waals surface area contributed by atoms with E-state index in [1.807, 2.05) is 0 Å². The van der Waals surface area contributed by atoms with E-state index in [0.717, 1.165) is 12.1 Å². The first-order chi connectivity index (χ1) is 8.99. The Labute approximate surface area is 115 Å². The molecule has 3 rings (SSSR count). The van der Waals surface area contributed by atoms with Crippen LogP contribution in [0.5, 0.6) is 0 Å². The van der Waals surface area contributed by atoms with E-state index in [1.54, 1.807) is 0 Å². The number of carbonyl (C=O) groups is 2. The molecule has 0 aromatic heterocycles. The predicted octanol–water partition coefficient (Wildman–Crippen LogP) is 2.15. The van der Waals surface area contributed by atoms with E-state index in [0.29, 0.717) is 17.7 Å². The Bertz CT molecular complexity index is 547. The number of morpholine rings is 1. The third kappa shape index (κ3) is 1.88. The van der Waals surface area contributed by atoms with E-state index in [4.69, 9.17) is 4.74 Å². The molecule has 2 heterocycles. The number of hydrogen-bond acceptors (Lipinski definition) is 3. The molecule has 2 atom stereocenters. The molecule has 0 N–H and O–H groups in total. The summed E-state index contributed by atoms with van der Waals surface area (Å²) < 4.78 is 33.1. The van der Waals surface area contributed by atoms with E-state index >= 15 is 0 Å². The maximum Gasteiger partial charge on any atom is 0.263 e. The number of rotatable bonds is 1. The monoisotopic (exact) mass is 331 g/mol. The van der Waals surface area contributed by atoms with Crippen molar-refractivity contribution in [2.45, 2.75) is 25.0 Å². The van der Waals surface area contributed by atoms with Gasteiger partial charge in [0.15, 0.2) is 11.6 Å². The Balaban J connectivity index is 2.11. The first-order valence-electron chi connectivity index (χ1n) is 5.67. The van der Waals surface area contributed by atoms with Gasteiger partial charge in [0.25, 0.3) is 11.8 Å². The van der Waals surface area contributed by atoms with Crippen molar-refractivity contribution in [3.8, 4) is 0 Å². The average Bonchev–Trinajstić information content (AvgIpc) is 2.76. The van der Waals surface area contributed by atoms with Crippen LogP contribution in [0.4, 0.5) is 14.5 Å². The molecule has 1 aromatic carbocycles. The second kappa shape index (κ2) is 4.35. The zero-order valence-electron chi connectivity index (χ0n) is 9.53. The first-order valence-corrected chi connectivity index (χ1v) is 6.46. The van der Waals surface area contributed by atoms with Crippen LogP contribution in [0.2, 0.25) is 0 Å². The number of benzene rings is 1. The summed E-state index contributed by atoms with van der Waals surface area (Å²) in [7, 11) is 0. The van der Waals surface area contributed by atoms with Crippen molar-refractivity contribution in [1.82, 2.24) is 0 Å². The number of hydrogen-bond donors (Lipinski definition) is 0. The number of ether oxygens (including phenoxy) is 1. The van der Waals surface area contributed by atoms with Crippen LogP contribution in [0, 0.1) is 11.6 Å². The molecule has 19 heavy (non-hydrogen) atoms. The number of imide groups is 1. The molecule has 1 aromatic rings. The fraction of sp³-hybridized carbons (Fsp3) is 0.333. The minimum Gasteiger partial charge on any atom is -0.355 e. The number of nitrogens with zero attached hydrogens (tertiary/aromatic N) is 1. The zero-order valence-corrected chi connectivity index (χ0v) is 11.1. The van der Waals surface area contributed by atoms with Gasteiger partial charge in [-0.3, -0.25) is 9.59 Å². The molecule has 2 saturated heterocycles. The lowest BCUT2D eigenvalue weighted by Crippen LogP contribution is -2.52. The SMILES string of the molecule is O=C1C2CCC(O2)C(=O)N1c1c(F)cc(Br)cc1F. The van der Waals surface area contributed by atoms with Crippen molar-refractivity contribution in [1.29, 1.82) is 0 Å². The molecule has 0 spiro atoms. The van der Waals surface area contributed by atoms with Crippen LogP contribution in [0.1, 0.15) is 12.8 Å². The fourth-order valence-corrected chi connectivity index (χ4v) is 2.77. The largest absolute Gasteiger partial charge is 0.355 e. The maximum atomic E-state index is 13.9. The number of amides is 2. The third-order valence-corrected chi connectivity index (χ3v) is 3.67. The molecule has 2 fully saturated rings. The Morgan fingerprint density at radius 3 is 2.05 bits per heavy atom.